The number of carbonyl (C=O) groups excluding carboxylic acids is 2. The van der Waals surface area contributed by atoms with Crippen molar-refractivity contribution >= 4 is 28.3 Å². The Bertz CT molecular complexity index is 1030. The molecule has 9 heteroatoms. The first-order chi connectivity index (χ1) is 14.1. The van der Waals surface area contributed by atoms with Gasteiger partial charge in [0.05, 0.1) is 19.1 Å². The average molecular weight is 415 g/mol. The number of thiazole rings is 1. The molecule has 3 heterocycles. The molecule has 0 radical (unpaired) electrons. The van der Waals surface area contributed by atoms with E-state index in [1.165, 1.54) is 47.8 Å². The number of rotatable bonds is 5. The molecule has 1 aromatic carbocycles. The predicted octanol–water partition coefficient (Wildman–Crippen LogP) is 3.79. The minimum absolute atomic E-state index is 0.208. The maximum Gasteiger partial charge on any atom is 0.290 e. The standard InChI is InChI=1S/C20H18FN3O4S/c1-27-16-7-6-12(21)10-13(16)14-11-29-20(22-14)23-18(25)15-4-2-8-24(15)19(26)17-5-3-9-28-17/h3,5-7,9-11,15H,2,4,8H2,1H3,(H,22,23,25)/t15-/m0/s1. The van der Waals surface area contributed by atoms with E-state index < -0.39 is 11.9 Å². The summed E-state index contributed by atoms with van der Waals surface area (Å²) < 4.78 is 24.1. The highest BCUT2D eigenvalue weighted by molar-refractivity contribution is 7.14. The summed E-state index contributed by atoms with van der Waals surface area (Å²) in [5.41, 5.74) is 0.997. The number of methoxy groups -OCH3 is 1. The van der Waals surface area contributed by atoms with Gasteiger partial charge in [-0.1, -0.05) is 0 Å². The summed E-state index contributed by atoms with van der Waals surface area (Å²) in [4.78, 5) is 31.2. The quantitative estimate of drug-likeness (QED) is 0.685. The third kappa shape index (κ3) is 3.86. The van der Waals surface area contributed by atoms with Crippen LogP contribution in [0, 0.1) is 5.82 Å². The van der Waals surface area contributed by atoms with E-state index in [-0.39, 0.29) is 17.6 Å². The van der Waals surface area contributed by atoms with E-state index in [2.05, 4.69) is 10.3 Å². The number of likely N-dealkylation sites (tertiary alicyclic amines) is 1. The Kier molecular flexibility index (Phi) is 5.30. The lowest BCUT2D eigenvalue weighted by atomic mass is 10.1. The number of aromatic nitrogens is 1. The van der Waals surface area contributed by atoms with E-state index in [0.717, 1.165) is 6.42 Å². The molecule has 2 aromatic heterocycles. The van der Waals surface area contributed by atoms with Gasteiger partial charge in [-0.05, 0) is 43.2 Å². The van der Waals surface area contributed by atoms with Crippen molar-refractivity contribution in [1.82, 2.24) is 9.88 Å². The Hall–Kier alpha value is -3.20. The molecule has 3 aromatic rings. The molecule has 0 bridgehead atoms. The van der Waals surface area contributed by atoms with E-state index >= 15 is 0 Å². The lowest BCUT2D eigenvalue weighted by Crippen LogP contribution is -2.43. The van der Waals surface area contributed by atoms with Gasteiger partial charge in [0.15, 0.2) is 10.9 Å². The van der Waals surface area contributed by atoms with Gasteiger partial charge in [0.2, 0.25) is 5.91 Å². The monoisotopic (exact) mass is 415 g/mol. The van der Waals surface area contributed by atoms with Crippen molar-refractivity contribution in [1.29, 1.82) is 0 Å². The summed E-state index contributed by atoms with van der Waals surface area (Å²) in [5, 5.41) is 4.85. The van der Waals surface area contributed by atoms with E-state index in [1.54, 1.807) is 17.5 Å². The lowest BCUT2D eigenvalue weighted by Gasteiger charge is -2.22. The molecule has 1 aliphatic heterocycles. The Morgan fingerprint density at radius 1 is 1.38 bits per heavy atom. The molecular weight excluding hydrogens is 397 g/mol. The van der Waals surface area contributed by atoms with Gasteiger partial charge in [0, 0.05) is 17.5 Å². The van der Waals surface area contributed by atoms with E-state index in [1.807, 2.05) is 0 Å². The fraction of sp³-hybridized carbons (Fsp3) is 0.250. The van der Waals surface area contributed by atoms with Crippen molar-refractivity contribution in [3.63, 3.8) is 0 Å². The first-order valence-corrected chi connectivity index (χ1v) is 9.89. The average Bonchev–Trinajstić information content (AvgIpc) is 3.48. The first-order valence-electron chi connectivity index (χ1n) is 9.01. The zero-order chi connectivity index (χ0) is 20.4. The second-order valence-electron chi connectivity index (χ2n) is 6.51. The highest BCUT2D eigenvalue weighted by Crippen LogP contribution is 2.33. The molecule has 1 aliphatic rings. The highest BCUT2D eigenvalue weighted by atomic mass is 32.1. The second-order valence-corrected chi connectivity index (χ2v) is 7.36. The SMILES string of the molecule is COc1ccc(F)cc1-c1csc(NC(=O)[C@@H]2CCCN2C(=O)c2ccco2)n1. The van der Waals surface area contributed by atoms with Crippen LogP contribution in [0.4, 0.5) is 9.52 Å². The normalized spacial score (nSPS) is 16.1. The molecule has 0 aliphatic carbocycles. The molecule has 0 spiro atoms. The molecule has 4 rings (SSSR count). The number of carbonyl (C=O) groups is 2. The molecule has 1 N–H and O–H groups in total. The summed E-state index contributed by atoms with van der Waals surface area (Å²) in [5.74, 6) is -0.330. The number of amides is 2. The van der Waals surface area contributed by atoms with Crippen molar-refractivity contribution in [2.45, 2.75) is 18.9 Å². The largest absolute Gasteiger partial charge is 0.496 e. The van der Waals surface area contributed by atoms with Crippen LogP contribution >= 0.6 is 11.3 Å². The van der Waals surface area contributed by atoms with Crippen molar-refractivity contribution in [3.05, 3.63) is 53.6 Å². The molecule has 1 atom stereocenters. The number of benzene rings is 1. The highest BCUT2D eigenvalue weighted by Gasteiger charge is 2.35. The third-order valence-corrected chi connectivity index (χ3v) is 5.48. The maximum absolute atomic E-state index is 13.6. The van der Waals surface area contributed by atoms with Crippen LogP contribution in [0.5, 0.6) is 5.75 Å². The number of halogens is 1. The Labute approximate surface area is 170 Å². The van der Waals surface area contributed by atoms with Gasteiger partial charge in [-0.25, -0.2) is 9.37 Å². The molecule has 29 heavy (non-hydrogen) atoms. The van der Waals surface area contributed by atoms with Gasteiger partial charge in [-0.3, -0.25) is 9.59 Å². The summed E-state index contributed by atoms with van der Waals surface area (Å²) in [6.07, 6.45) is 2.72. The van der Waals surface area contributed by atoms with Crippen LogP contribution in [-0.4, -0.2) is 41.4 Å². The fourth-order valence-electron chi connectivity index (χ4n) is 3.35. The Balaban J connectivity index is 1.49. The molecule has 7 nitrogen and oxygen atoms in total. The number of furan rings is 1. The number of hydrogen-bond acceptors (Lipinski definition) is 6. The molecule has 0 unspecified atom stereocenters. The summed E-state index contributed by atoms with van der Waals surface area (Å²) in [6, 6.07) is 6.79. The van der Waals surface area contributed by atoms with Gasteiger partial charge in [0.25, 0.3) is 5.91 Å². The zero-order valence-electron chi connectivity index (χ0n) is 15.6. The van der Waals surface area contributed by atoms with Crippen LogP contribution in [0.15, 0.2) is 46.4 Å². The minimum Gasteiger partial charge on any atom is -0.496 e. The molecule has 1 fully saturated rings. The second kappa shape index (κ2) is 8.04. The van der Waals surface area contributed by atoms with Gasteiger partial charge in [0.1, 0.15) is 17.6 Å². The predicted molar refractivity (Wildman–Crippen MR) is 105 cm³/mol. The number of ether oxygens (including phenoxy) is 1. The van der Waals surface area contributed by atoms with Gasteiger partial charge < -0.3 is 19.4 Å². The van der Waals surface area contributed by atoms with Crippen LogP contribution in [-0.2, 0) is 4.79 Å². The zero-order valence-corrected chi connectivity index (χ0v) is 16.4. The lowest BCUT2D eigenvalue weighted by molar-refractivity contribution is -0.119. The van der Waals surface area contributed by atoms with Crippen molar-refractivity contribution in [2.75, 3.05) is 19.0 Å². The van der Waals surface area contributed by atoms with E-state index in [0.29, 0.717) is 35.1 Å². The summed E-state index contributed by atoms with van der Waals surface area (Å²) in [6.45, 7) is 0.487. The van der Waals surface area contributed by atoms with E-state index in [4.69, 9.17) is 9.15 Å². The third-order valence-electron chi connectivity index (χ3n) is 4.72. The Morgan fingerprint density at radius 2 is 2.24 bits per heavy atom. The van der Waals surface area contributed by atoms with Gasteiger partial charge >= 0.3 is 0 Å². The van der Waals surface area contributed by atoms with Gasteiger partial charge in [-0.15, -0.1) is 11.3 Å². The minimum atomic E-state index is -0.594. The molecule has 150 valence electrons. The van der Waals surface area contributed by atoms with Crippen molar-refractivity contribution in [3.8, 4) is 17.0 Å². The van der Waals surface area contributed by atoms with Crippen LogP contribution in [0.25, 0.3) is 11.3 Å². The van der Waals surface area contributed by atoms with Crippen LogP contribution in [0.1, 0.15) is 23.4 Å². The first kappa shape index (κ1) is 19.1. The molecular formula is C20H18FN3O4S. The molecule has 0 saturated carbocycles. The van der Waals surface area contributed by atoms with Crippen LogP contribution < -0.4 is 10.1 Å². The van der Waals surface area contributed by atoms with Gasteiger partial charge in [-0.2, -0.15) is 0 Å². The van der Waals surface area contributed by atoms with Crippen LogP contribution in [0.2, 0.25) is 0 Å². The van der Waals surface area contributed by atoms with Crippen molar-refractivity contribution < 1.29 is 23.1 Å². The molecule has 1 saturated heterocycles. The maximum atomic E-state index is 13.6. The Morgan fingerprint density at radius 3 is 3.00 bits per heavy atom. The van der Waals surface area contributed by atoms with E-state index in [9.17, 15) is 14.0 Å². The van der Waals surface area contributed by atoms with Crippen molar-refractivity contribution in [2.24, 2.45) is 0 Å². The summed E-state index contributed by atoms with van der Waals surface area (Å²) >= 11 is 1.22. The van der Waals surface area contributed by atoms with Crippen LogP contribution in [0.3, 0.4) is 0 Å². The number of hydrogen-bond donors (Lipinski definition) is 1. The number of anilines is 1. The number of nitrogens with one attached hydrogen (secondary N) is 1. The molecule has 2 amide bonds. The number of nitrogens with zero attached hydrogens (tertiary/aromatic N) is 2. The fourth-order valence-corrected chi connectivity index (χ4v) is 4.06. The smallest absolute Gasteiger partial charge is 0.290 e. The topological polar surface area (TPSA) is 84.7 Å². The summed E-state index contributed by atoms with van der Waals surface area (Å²) in [7, 11) is 1.50.